The Balaban J connectivity index is 1.30. The number of nitrogens with zero attached hydrogens (tertiary/aromatic N) is 1. The van der Waals surface area contributed by atoms with Gasteiger partial charge in [0.15, 0.2) is 0 Å². The Morgan fingerprint density at radius 2 is 1.93 bits per heavy atom. The van der Waals surface area contributed by atoms with Crippen molar-refractivity contribution in [1.82, 2.24) is 15.3 Å². The monoisotopic (exact) mass is 423 g/mol. The number of halogens is 1. The summed E-state index contributed by atoms with van der Waals surface area (Å²) in [5.41, 5.74) is 4.38. The Hall–Kier alpha value is -2.63. The molecule has 0 spiro atoms. The number of H-pyrrole nitrogens is 1. The summed E-state index contributed by atoms with van der Waals surface area (Å²) in [5, 5.41) is 6.92. The Morgan fingerprint density at radius 3 is 2.79 bits per heavy atom. The van der Waals surface area contributed by atoms with E-state index in [1.807, 2.05) is 41.9 Å². The minimum Gasteiger partial charge on any atom is -0.351 e. The summed E-state index contributed by atoms with van der Waals surface area (Å²) in [5.74, 6) is 0.0147. The molecule has 1 amide bonds. The van der Waals surface area contributed by atoms with Crippen LogP contribution in [0.15, 0.2) is 60.2 Å². The second-order valence-corrected chi connectivity index (χ2v) is 8.35. The summed E-state index contributed by atoms with van der Waals surface area (Å²) in [6, 6.07) is 14.0. The summed E-state index contributed by atoms with van der Waals surface area (Å²) < 4.78 is 0. The van der Waals surface area contributed by atoms with Gasteiger partial charge in [-0.2, -0.15) is 0 Å². The molecule has 0 fully saturated rings. The minimum atomic E-state index is 0.0147. The topological polar surface area (TPSA) is 57.8 Å². The van der Waals surface area contributed by atoms with Gasteiger partial charge in [-0.15, -0.1) is 11.3 Å². The fraction of sp³-hybridized carbons (Fsp3) is 0.217. The van der Waals surface area contributed by atoms with Crippen LogP contribution >= 0.6 is 22.9 Å². The summed E-state index contributed by atoms with van der Waals surface area (Å²) in [6.45, 7) is 0.682. The SMILES string of the molecule is O=C(NCCCCc1ccc(Cl)cc1)c1sccc1Cc1ccnc2[nH]ccc12. The summed E-state index contributed by atoms with van der Waals surface area (Å²) >= 11 is 7.41. The third-order valence-electron chi connectivity index (χ3n) is 4.98. The average molecular weight is 424 g/mol. The highest BCUT2D eigenvalue weighted by molar-refractivity contribution is 7.12. The molecule has 0 saturated heterocycles. The predicted molar refractivity (Wildman–Crippen MR) is 120 cm³/mol. The highest BCUT2D eigenvalue weighted by Crippen LogP contribution is 2.24. The van der Waals surface area contributed by atoms with Crippen LogP contribution in [-0.4, -0.2) is 22.4 Å². The molecule has 3 aromatic heterocycles. The fourth-order valence-electron chi connectivity index (χ4n) is 3.44. The van der Waals surface area contributed by atoms with E-state index in [0.717, 1.165) is 52.2 Å². The number of aromatic amines is 1. The molecule has 0 saturated carbocycles. The molecule has 1 aromatic carbocycles. The highest BCUT2D eigenvalue weighted by atomic mass is 35.5. The summed E-state index contributed by atoms with van der Waals surface area (Å²) in [6.07, 6.45) is 7.39. The van der Waals surface area contributed by atoms with Crippen LogP contribution in [0, 0.1) is 0 Å². The number of aryl methyl sites for hydroxylation is 1. The van der Waals surface area contributed by atoms with Gasteiger partial charge in [-0.1, -0.05) is 23.7 Å². The first-order valence-electron chi connectivity index (χ1n) is 9.71. The van der Waals surface area contributed by atoms with Gasteiger partial charge in [-0.05, 0) is 78.1 Å². The standard InChI is InChI=1S/C23H22ClN3OS/c24-19-6-4-16(5-7-19)3-1-2-11-27-23(28)21-18(10-14-29-21)15-17-8-12-25-22-20(17)9-13-26-22/h4-10,12-14H,1-3,11,15H2,(H,25,26)(H,27,28). The predicted octanol–water partition coefficient (Wildman–Crippen LogP) is 5.62. The molecule has 0 aliphatic carbocycles. The number of rotatable bonds is 8. The number of aromatic nitrogens is 2. The van der Waals surface area contributed by atoms with E-state index >= 15 is 0 Å². The molecule has 0 aliphatic rings. The number of amides is 1. The van der Waals surface area contributed by atoms with Crippen molar-refractivity contribution in [2.75, 3.05) is 6.54 Å². The van der Waals surface area contributed by atoms with E-state index in [0.29, 0.717) is 6.54 Å². The van der Waals surface area contributed by atoms with Gasteiger partial charge in [0.1, 0.15) is 5.65 Å². The molecule has 148 valence electrons. The van der Waals surface area contributed by atoms with Crippen LogP contribution in [0.4, 0.5) is 0 Å². The lowest BCUT2D eigenvalue weighted by Gasteiger charge is -2.07. The van der Waals surface area contributed by atoms with Gasteiger partial charge in [-0.25, -0.2) is 4.98 Å². The number of unbranched alkanes of at least 4 members (excludes halogenated alkanes) is 1. The van der Waals surface area contributed by atoms with Crippen molar-refractivity contribution in [3.05, 3.63) is 86.8 Å². The van der Waals surface area contributed by atoms with Gasteiger partial charge < -0.3 is 10.3 Å². The molecule has 0 aliphatic heterocycles. The zero-order valence-corrected chi connectivity index (χ0v) is 17.5. The molecule has 0 atom stereocenters. The maximum absolute atomic E-state index is 12.7. The van der Waals surface area contributed by atoms with Crippen molar-refractivity contribution in [1.29, 1.82) is 0 Å². The number of hydrogen-bond acceptors (Lipinski definition) is 3. The fourth-order valence-corrected chi connectivity index (χ4v) is 4.40. The second-order valence-electron chi connectivity index (χ2n) is 7.00. The van der Waals surface area contributed by atoms with Gasteiger partial charge in [0.2, 0.25) is 0 Å². The number of nitrogens with one attached hydrogen (secondary N) is 2. The van der Waals surface area contributed by atoms with E-state index in [-0.39, 0.29) is 5.91 Å². The smallest absolute Gasteiger partial charge is 0.261 e. The van der Waals surface area contributed by atoms with Crippen molar-refractivity contribution in [2.45, 2.75) is 25.7 Å². The van der Waals surface area contributed by atoms with Crippen LogP contribution in [0.1, 0.15) is 39.2 Å². The van der Waals surface area contributed by atoms with Crippen LogP contribution in [0.25, 0.3) is 11.0 Å². The Labute approximate surface area is 179 Å². The maximum atomic E-state index is 12.7. The number of carbonyl (C=O) groups is 1. The van der Waals surface area contributed by atoms with Crippen molar-refractivity contribution >= 4 is 39.9 Å². The summed E-state index contributed by atoms with van der Waals surface area (Å²) in [4.78, 5) is 20.9. The van der Waals surface area contributed by atoms with Gasteiger partial charge in [-0.3, -0.25) is 4.79 Å². The highest BCUT2D eigenvalue weighted by Gasteiger charge is 2.14. The quantitative estimate of drug-likeness (QED) is 0.361. The lowest BCUT2D eigenvalue weighted by Crippen LogP contribution is -2.24. The number of benzene rings is 1. The molecule has 4 rings (SSSR count). The molecule has 0 bridgehead atoms. The first-order valence-corrected chi connectivity index (χ1v) is 11.0. The third-order valence-corrected chi connectivity index (χ3v) is 6.18. The van der Waals surface area contributed by atoms with Crippen molar-refractivity contribution < 1.29 is 4.79 Å². The first kappa shape index (κ1) is 19.7. The minimum absolute atomic E-state index is 0.0147. The first-order chi connectivity index (χ1) is 14.2. The van der Waals surface area contributed by atoms with Gasteiger partial charge in [0.25, 0.3) is 5.91 Å². The van der Waals surface area contributed by atoms with Crippen LogP contribution < -0.4 is 5.32 Å². The van der Waals surface area contributed by atoms with E-state index < -0.39 is 0 Å². The second kappa shape index (κ2) is 9.25. The van der Waals surface area contributed by atoms with Crippen LogP contribution in [0.2, 0.25) is 5.02 Å². The van der Waals surface area contributed by atoms with Gasteiger partial charge in [0.05, 0.1) is 4.88 Å². The maximum Gasteiger partial charge on any atom is 0.261 e. The van der Waals surface area contributed by atoms with Gasteiger partial charge >= 0.3 is 0 Å². The van der Waals surface area contributed by atoms with Gasteiger partial charge in [0, 0.05) is 29.3 Å². The Morgan fingerprint density at radius 1 is 1.07 bits per heavy atom. The molecule has 0 radical (unpaired) electrons. The molecule has 4 aromatic rings. The zero-order valence-electron chi connectivity index (χ0n) is 16.0. The number of thiophene rings is 1. The molecular formula is C23H22ClN3OS. The molecule has 2 N–H and O–H groups in total. The summed E-state index contributed by atoms with van der Waals surface area (Å²) in [7, 11) is 0. The molecular weight excluding hydrogens is 402 g/mol. The third kappa shape index (κ3) is 4.86. The number of carbonyl (C=O) groups excluding carboxylic acids is 1. The molecule has 29 heavy (non-hydrogen) atoms. The lowest BCUT2D eigenvalue weighted by atomic mass is 10.0. The lowest BCUT2D eigenvalue weighted by molar-refractivity contribution is 0.0956. The molecule has 4 nitrogen and oxygen atoms in total. The Bertz CT molecular complexity index is 1100. The Kier molecular flexibility index (Phi) is 6.27. The molecule has 6 heteroatoms. The van der Waals surface area contributed by atoms with E-state index in [2.05, 4.69) is 27.4 Å². The van der Waals surface area contributed by atoms with E-state index in [1.165, 1.54) is 22.5 Å². The average Bonchev–Trinajstić information content (AvgIpc) is 3.39. The van der Waals surface area contributed by atoms with Crippen molar-refractivity contribution in [2.24, 2.45) is 0 Å². The van der Waals surface area contributed by atoms with E-state index in [4.69, 9.17) is 11.6 Å². The number of pyridine rings is 1. The van der Waals surface area contributed by atoms with E-state index in [1.54, 1.807) is 6.20 Å². The van der Waals surface area contributed by atoms with Crippen LogP contribution in [-0.2, 0) is 12.8 Å². The van der Waals surface area contributed by atoms with Crippen molar-refractivity contribution in [3.63, 3.8) is 0 Å². The number of fused-ring (bicyclic) bond motifs is 1. The van der Waals surface area contributed by atoms with E-state index in [9.17, 15) is 4.79 Å². The molecule has 3 heterocycles. The zero-order chi connectivity index (χ0) is 20.1. The van der Waals surface area contributed by atoms with Crippen molar-refractivity contribution in [3.8, 4) is 0 Å². The largest absolute Gasteiger partial charge is 0.351 e. The number of hydrogen-bond donors (Lipinski definition) is 2. The normalized spacial score (nSPS) is 11.1. The van der Waals surface area contributed by atoms with Crippen LogP contribution in [0.5, 0.6) is 0 Å². The van der Waals surface area contributed by atoms with Crippen LogP contribution in [0.3, 0.4) is 0 Å². The molecule has 0 unspecified atom stereocenters.